The number of nitrogens with one attached hydrogen (secondary N) is 1. The number of hydrogen-bond donors (Lipinski definition) is 2. The fourth-order valence-corrected chi connectivity index (χ4v) is 7.19. The van der Waals surface area contributed by atoms with E-state index in [0.29, 0.717) is 18.5 Å². The highest BCUT2D eigenvalue weighted by Gasteiger charge is 2.57. The number of pyridine rings is 1. The van der Waals surface area contributed by atoms with E-state index in [2.05, 4.69) is 4.98 Å². The van der Waals surface area contributed by atoms with Crippen molar-refractivity contribution in [3.8, 4) is 0 Å². The minimum Gasteiger partial charge on any atom is -0.289 e. The first kappa shape index (κ1) is 30.2. The van der Waals surface area contributed by atoms with Crippen LogP contribution in [0.3, 0.4) is 0 Å². The SMILES string of the molecule is Cl.O=C(NO)C1(S(=O)(=O)N2CCC(c3ccc(CCC(F)(F)C(F)(F)F)cn3)CC2)Cc2ccccc2C1. The molecule has 0 spiro atoms. The van der Waals surface area contributed by atoms with E-state index in [1.54, 1.807) is 30.3 Å². The largest absolute Gasteiger partial charge is 0.453 e. The van der Waals surface area contributed by atoms with Crippen LogP contribution >= 0.6 is 12.4 Å². The molecule has 0 radical (unpaired) electrons. The molecule has 2 N–H and O–H groups in total. The molecule has 2 heterocycles. The van der Waals surface area contributed by atoms with Crippen molar-refractivity contribution < 1.29 is 40.4 Å². The number of rotatable bonds is 7. The lowest BCUT2D eigenvalue weighted by Gasteiger charge is -2.37. The molecule has 0 saturated carbocycles. The molecule has 14 heteroatoms. The van der Waals surface area contributed by atoms with Crippen LogP contribution in [0, 0.1) is 0 Å². The summed E-state index contributed by atoms with van der Waals surface area (Å²) in [6.45, 7) is 0.204. The molecule has 1 aromatic carbocycles. The van der Waals surface area contributed by atoms with Crippen molar-refractivity contribution in [2.75, 3.05) is 13.1 Å². The predicted molar refractivity (Wildman–Crippen MR) is 130 cm³/mol. The number of nitrogens with zero attached hydrogens (tertiary/aromatic N) is 2. The summed E-state index contributed by atoms with van der Waals surface area (Å²) in [5.41, 5.74) is 3.80. The Bertz CT molecular complexity index is 1230. The first-order valence-corrected chi connectivity index (χ1v) is 13.2. The third-order valence-electron chi connectivity index (χ3n) is 7.28. The van der Waals surface area contributed by atoms with Crippen molar-refractivity contribution in [3.63, 3.8) is 0 Å². The van der Waals surface area contributed by atoms with E-state index < -0.39 is 45.6 Å². The van der Waals surface area contributed by atoms with Crippen LogP contribution in [0.2, 0.25) is 0 Å². The van der Waals surface area contributed by atoms with Crippen LogP contribution in [0.5, 0.6) is 0 Å². The first-order chi connectivity index (χ1) is 17.3. The van der Waals surface area contributed by atoms with Gasteiger partial charge in [0.05, 0.1) is 0 Å². The van der Waals surface area contributed by atoms with Crippen LogP contribution in [0.4, 0.5) is 22.0 Å². The Kier molecular flexibility index (Phi) is 8.76. The van der Waals surface area contributed by atoms with E-state index in [1.165, 1.54) is 22.0 Å². The number of aryl methyl sites for hydroxylation is 1. The van der Waals surface area contributed by atoms with Crippen molar-refractivity contribution in [1.29, 1.82) is 0 Å². The number of fused-ring (bicyclic) bond motifs is 1. The monoisotopic (exact) mass is 583 g/mol. The zero-order valence-corrected chi connectivity index (χ0v) is 21.7. The number of carbonyl (C=O) groups excluding carboxylic acids is 1. The normalized spacial score (nSPS) is 18.5. The first-order valence-electron chi connectivity index (χ1n) is 11.7. The van der Waals surface area contributed by atoms with Crippen molar-refractivity contribution >= 4 is 28.3 Å². The summed E-state index contributed by atoms with van der Waals surface area (Å²) in [4.78, 5) is 16.9. The maximum Gasteiger partial charge on any atom is 0.453 e. The third-order valence-corrected chi connectivity index (χ3v) is 9.79. The van der Waals surface area contributed by atoms with Crippen LogP contribution in [0.1, 0.15) is 47.6 Å². The Balaban J connectivity index is 0.00000400. The number of sulfonamides is 1. The Hall–Kier alpha value is -2.35. The zero-order valence-electron chi connectivity index (χ0n) is 20.0. The highest BCUT2D eigenvalue weighted by atomic mass is 35.5. The standard InChI is InChI=1S/C24H26F5N3O4S.ClH/c25-23(26,24(27,28)29)10-7-16-5-6-20(30-15-16)17-8-11-32(12-9-17)37(35,36)22(21(33)31-34)13-18-3-1-2-4-19(18)14-22;/h1-6,15,17,34H,7-14H2,(H,31,33);1H. The Morgan fingerprint density at radius 2 is 1.63 bits per heavy atom. The fraction of sp³-hybridized carbons (Fsp3) is 0.500. The summed E-state index contributed by atoms with van der Waals surface area (Å²) in [5, 5.41) is 9.35. The number of amides is 1. The molecular formula is C24H27ClF5N3O4S. The molecule has 0 unspecified atom stereocenters. The minimum atomic E-state index is -5.60. The van der Waals surface area contributed by atoms with Crippen LogP contribution in [0.15, 0.2) is 42.6 Å². The van der Waals surface area contributed by atoms with Gasteiger partial charge in [-0.2, -0.15) is 22.0 Å². The zero-order chi connectivity index (χ0) is 27.1. The van der Waals surface area contributed by atoms with Crippen LogP contribution in [-0.4, -0.2) is 58.8 Å². The molecule has 0 atom stereocenters. The summed E-state index contributed by atoms with van der Waals surface area (Å²) in [5.74, 6) is -5.92. The number of hydroxylamine groups is 1. The number of alkyl halides is 5. The van der Waals surface area contributed by atoms with Gasteiger partial charge in [0.1, 0.15) is 0 Å². The molecule has 38 heavy (non-hydrogen) atoms. The number of halogens is 6. The molecule has 1 fully saturated rings. The average molecular weight is 584 g/mol. The molecule has 1 aliphatic heterocycles. The van der Waals surface area contributed by atoms with Gasteiger partial charge in [-0.3, -0.25) is 15.0 Å². The van der Waals surface area contributed by atoms with E-state index in [9.17, 15) is 40.4 Å². The van der Waals surface area contributed by atoms with Gasteiger partial charge in [-0.1, -0.05) is 30.3 Å². The maximum atomic E-state index is 13.7. The number of aromatic nitrogens is 1. The second kappa shape index (κ2) is 11.0. The lowest BCUT2D eigenvalue weighted by atomic mass is 9.93. The van der Waals surface area contributed by atoms with Gasteiger partial charge in [0.2, 0.25) is 10.0 Å². The number of hydrogen-bond acceptors (Lipinski definition) is 5. The predicted octanol–water partition coefficient (Wildman–Crippen LogP) is 4.19. The number of piperidine rings is 1. The second-order valence-corrected chi connectivity index (χ2v) is 11.8. The topological polar surface area (TPSA) is 99.6 Å². The molecule has 1 amide bonds. The van der Waals surface area contributed by atoms with E-state index in [0.717, 1.165) is 11.1 Å². The minimum absolute atomic E-state index is 0. The van der Waals surface area contributed by atoms with E-state index >= 15 is 0 Å². The fourth-order valence-electron chi connectivity index (χ4n) is 5.05. The van der Waals surface area contributed by atoms with E-state index in [-0.39, 0.29) is 49.8 Å². The van der Waals surface area contributed by atoms with E-state index in [4.69, 9.17) is 0 Å². The lowest BCUT2D eigenvalue weighted by molar-refractivity contribution is -0.284. The van der Waals surface area contributed by atoms with Gasteiger partial charge in [0.15, 0.2) is 4.75 Å². The molecule has 2 aromatic rings. The van der Waals surface area contributed by atoms with Gasteiger partial charge in [0.25, 0.3) is 5.91 Å². The number of benzene rings is 1. The van der Waals surface area contributed by atoms with Gasteiger partial charge >= 0.3 is 12.1 Å². The van der Waals surface area contributed by atoms with Crippen molar-refractivity contribution in [1.82, 2.24) is 14.8 Å². The number of carbonyl (C=O) groups is 1. The van der Waals surface area contributed by atoms with Crippen molar-refractivity contribution in [2.24, 2.45) is 0 Å². The van der Waals surface area contributed by atoms with Gasteiger partial charge < -0.3 is 0 Å². The molecule has 1 aliphatic carbocycles. The molecular weight excluding hydrogens is 557 g/mol. The lowest BCUT2D eigenvalue weighted by Crippen LogP contribution is -2.58. The molecule has 2 aliphatic rings. The third kappa shape index (κ3) is 5.51. The summed E-state index contributed by atoms with van der Waals surface area (Å²) in [6, 6.07) is 10.0. The van der Waals surface area contributed by atoms with Gasteiger partial charge in [-0.05, 0) is 42.0 Å². The van der Waals surface area contributed by atoms with Crippen molar-refractivity contribution in [3.05, 3.63) is 65.0 Å². The van der Waals surface area contributed by atoms with Crippen LogP contribution < -0.4 is 5.48 Å². The molecule has 1 aromatic heterocycles. The smallest absolute Gasteiger partial charge is 0.289 e. The summed E-state index contributed by atoms with van der Waals surface area (Å²) >= 11 is 0. The molecule has 4 rings (SSSR count). The average Bonchev–Trinajstić information content (AvgIpc) is 3.28. The summed E-state index contributed by atoms with van der Waals surface area (Å²) in [7, 11) is -4.17. The quantitative estimate of drug-likeness (QED) is 0.289. The van der Waals surface area contributed by atoms with Crippen LogP contribution in [-0.2, 0) is 34.1 Å². The molecule has 1 saturated heterocycles. The molecule has 7 nitrogen and oxygen atoms in total. The second-order valence-electron chi connectivity index (χ2n) is 9.53. The van der Waals surface area contributed by atoms with Crippen molar-refractivity contribution in [2.45, 2.75) is 61.3 Å². The maximum absolute atomic E-state index is 13.7. The Morgan fingerprint density at radius 3 is 2.11 bits per heavy atom. The summed E-state index contributed by atoms with van der Waals surface area (Å²) in [6.07, 6.45) is -5.58. The molecule has 210 valence electrons. The van der Waals surface area contributed by atoms with Gasteiger partial charge in [0, 0.05) is 50.2 Å². The highest BCUT2D eigenvalue weighted by Crippen LogP contribution is 2.41. The van der Waals surface area contributed by atoms with Crippen LogP contribution in [0.25, 0.3) is 0 Å². The Morgan fingerprint density at radius 1 is 1.05 bits per heavy atom. The highest BCUT2D eigenvalue weighted by molar-refractivity contribution is 7.91. The van der Waals surface area contributed by atoms with Gasteiger partial charge in [-0.25, -0.2) is 18.2 Å². The van der Waals surface area contributed by atoms with E-state index in [1.807, 2.05) is 0 Å². The Labute approximate surface area is 222 Å². The van der Waals surface area contributed by atoms with Gasteiger partial charge in [-0.15, -0.1) is 12.4 Å². The summed E-state index contributed by atoms with van der Waals surface area (Å²) < 4.78 is 90.2. The molecule has 0 bridgehead atoms.